The van der Waals surface area contributed by atoms with Crippen molar-refractivity contribution in [3.63, 3.8) is 0 Å². The van der Waals surface area contributed by atoms with Crippen molar-refractivity contribution in [1.82, 2.24) is 0 Å². The second kappa shape index (κ2) is 5.70. The minimum atomic E-state index is 0.0255. The molecular weight excluding hydrogens is 288 g/mol. The van der Waals surface area contributed by atoms with Crippen molar-refractivity contribution in [2.24, 2.45) is 16.7 Å². The van der Waals surface area contributed by atoms with E-state index in [1.165, 1.54) is 12.0 Å². The molecule has 1 heterocycles. The van der Waals surface area contributed by atoms with Gasteiger partial charge in [0.2, 0.25) is 6.79 Å². The van der Waals surface area contributed by atoms with E-state index in [-0.39, 0.29) is 10.8 Å². The van der Waals surface area contributed by atoms with Crippen LogP contribution in [0.5, 0.6) is 11.5 Å². The fourth-order valence-corrected chi connectivity index (χ4v) is 4.14. The van der Waals surface area contributed by atoms with Crippen LogP contribution in [0.1, 0.15) is 45.6 Å². The van der Waals surface area contributed by atoms with E-state index in [4.69, 9.17) is 9.47 Å². The maximum Gasteiger partial charge on any atom is 0.231 e. The van der Waals surface area contributed by atoms with E-state index in [1.54, 1.807) is 0 Å². The lowest BCUT2D eigenvalue weighted by molar-refractivity contribution is -0.128. The highest BCUT2D eigenvalue weighted by Crippen LogP contribution is 2.63. The first-order valence-electron chi connectivity index (χ1n) is 8.41. The molecule has 2 atom stereocenters. The molecule has 3 nitrogen and oxygen atoms in total. The molecule has 23 heavy (non-hydrogen) atoms. The smallest absolute Gasteiger partial charge is 0.231 e. The Bertz CT molecular complexity index is 632. The molecule has 0 amide bonds. The van der Waals surface area contributed by atoms with Crippen LogP contribution in [0.2, 0.25) is 0 Å². The Kier molecular flexibility index (Phi) is 3.99. The fraction of sp³-hybridized carbons (Fsp3) is 0.550. The van der Waals surface area contributed by atoms with Crippen LogP contribution in [0.3, 0.4) is 0 Å². The Labute approximate surface area is 138 Å². The van der Waals surface area contributed by atoms with Gasteiger partial charge in [-0.05, 0) is 48.3 Å². The van der Waals surface area contributed by atoms with E-state index in [9.17, 15) is 4.79 Å². The van der Waals surface area contributed by atoms with Gasteiger partial charge in [-0.1, -0.05) is 32.9 Å². The molecule has 4 rings (SSSR count). The highest BCUT2D eigenvalue weighted by Gasteiger charge is 2.61. The number of allylic oxidation sites excluding steroid dienone is 1. The molecule has 2 unspecified atom stereocenters. The molecule has 3 aliphatic rings. The largest absolute Gasteiger partial charge is 0.454 e. The molecule has 2 bridgehead atoms. The molecule has 2 saturated carbocycles. The molecule has 1 aliphatic heterocycles. The zero-order chi connectivity index (χ0) is 16.7. The number of benzene rings is 1. The van der Waals surface area contributed by atoms with Crippen LogP contribution in [-0.2, 0) is 11.2 Å². The third-order valence-corrected chi connectivity index (χ3v) is 6.30. The molecule has 0 radical (unpaired) electrons. The van der Waals surface area contributed by atoms with Gasteiger partial charge in [0.1, 0.15) is 5.78 Å². The second-order valence-electron chi connectivity index (χ2n) is 7.60. The number of carbonyl (C=O) groups is 1. The Morgan fingerprint density at radius 2 is 2.00 bits per heavy atom. The summed E-state index contributed by atoms with van der Waals surface area (Å²) in [7, 11) is 0. The Hall–Kier alpha value is -1.77. The first-order valence-corrected chi connectivity index (χ1v) is 8.41. The summed E-state index contributed by atoms with van der Waals surface area (Å²) < 4.78 is 10.4. The normalized spacial score (nSPS) is 29.2. The van der Waals surface area contributed by atoms with E-state index in [2.05, 4.69) is 27.4 Å². The molecular formula is C20H26O3. The van der Waals surface area contributed by atoms with Crippen LogP contribution in [0.25, 0.3) is 0 Å². The van der Waals surface area contributed by atoms with Gasteiger partial charge in [0.05, 0.1) is 0 Å². The topological polar surface area (TPSA) is 35.5 Å². The van der Waals surface area contributed by atoms with Crippen LogP contribution in [0.15, 0.2) is 30.9 Å². The van der Waals surface area contributed by atoms with E-state index in [0.29, 0.717) is 18.5 Å². The Balaban J connectivity index is 0.000000136. The summed E-state index contributed by atoms with van der Waals surface area (Å²) in [5.74, 6) is 2.87. The van der Waals surface area contributed by atoms with Crippen LogP contribution < -0.4 is 9.47 Å². The summed E-state index contributed by atoms with van der Waals surface area (Å²) in [5, 5.41) is 0. The van der Waals surface area contributed by atoms with E-state index < -0.39 is 0 Å². The van der Waals surface area contributed by atoms with Crippen LogP contribution in [0.4, 0.5) is 0 Å². The van der Waals surface area contributed by atoms with Gasteiger partial charge in [-0.15, -0.1) is 6.58 Å². The van der Waals surface area contributed by atoms with Gasteiger partial charge in [-0.2, -0.15) is 0 Å². The quantitative estimate of drug-likeness (QED) is 0.752. The highest BCUT2D eigenvalue weighted by atomic mass is 16.7. The van der Waals surface area contributed by atoms with Gasteiger partial charge < -0.3 is 9.47 Å². The standard InChI is InChI=1S/C10H10O2.C10H16O/c1-2-3-8-4-5-9-10(6-8)12-7-11-9;1-9(2)7-4-5-10(9,3)8(11)6-7/h2,4-6H,1,3,7H2;7H,4-6H2,1-3H3. The van der Waals surface area contributed by atoms with Gasteiger partial charge in [0.15, 0.2) is 11.5 Å². The van der Waals surface area contributed by atoms with E-state index in [0.717, 1.165) is 30.8 Å². The zero-order valence-electron chi connectivity index (χ0n) is 14.4. The molecule has 0 N–H and O–H groups in total. The van der Waals surface area contributed by atoms with Crippen molar-refractivity contribution in [2.75, 3.05) is 6.79 Å². The first-order chi connectivity index (χ1) is 10.9. The van der Waals surface area contributed by atoms with Crippen LogP contribution in [0, 0.1) is 16.7 Å². The van der Waals surface area contributed by atoms with Gasteiger partial charge in [-0.25, -0.2) is 0 Å². The van der Waals surface area contributed by atoms with Gasteiger partial charge >= 0.3 is 0 Å². The van der Waals surface area contributed by atoms with Crippen molar-refractivity contribution >= 4 is 5.78 Å². The average molecular weight is 314 g/mol. The van der Waals surface area contributed by atoms with Crippen LogP contribution >= 0.6 is 0 Å². The Morgan fingerprint density at radius 3 is 2.52 bits per heavy atom. The van der Waals surface area contributed by atoms with Gasteiger partial charge in [0, 0.05) is 11.8 Å². The number of carbonyl (C=O) groups excluding carboxylic acids is 1. The molecule has 2 aliphatic carbocycles. The van der Waals surface area contributed by atoms with Gasteiger partial charge in [0.25, 0.3) is 0 Å². The highest BCUT2D eigenvalue weighted by molar-refractivity contribution is 5.89. The minimum Gasteiger partial charge on any atom is -0.454 e. The lowest BCUT2D eigenvalue weighted by Crippen LogP contribution is -2.32. The fourth-order valence-electron chi connectivity index (χ4n) is 4.14. The van der Waals surface area contributed by atoms with Crippen molar-refractivity contribution in [2.45, 2.75) is 46.5 Å². The number of rotatable bonds is 2. The Morgan fingerprint density at radius 1 is 1.26 bits per heavy atom. The zero-order valence-corrected chi connectivity index (χ0v) is 14.4. The summed E-state index contributed by atoms with van der Waals surface area (Å²) in [6.07, 6.45) is 6.00. The summed E-state index contributed by atoms with van der Waals surface area (Å²) in [4.78, 5) is 11.6. The predicted octanol–water partition coefficient (Wildman–Crippen LogP) is 4.55. The maximum absolute atomic E-state index is 11.6. The monoisotopic (exact) mass is 314 g/mol. The molecule has 0 aromatic heterocycles. The molecule has 1 aromatic rings. The van der Waals surface area contributed by atoms with Crippen molar-refractivity contribution in [3.05, 3.63) is 36.4 Å². The third kappa shape index (κ3) is 2.56. The lowest BCUT2D eigenvalue weighted by atomic mass is 9.70. The molecule has 1 aromatic carbocycles. The number of ether oxygens (including phenoxy) is 2. The van der Waals surface area contributed by atoms with Crippen LogP contribution in [-0.4, -0.2) is 12.6 Å². The van der Waals surface area contributed by atoms with Crippen molar-refractivity contribution in [1.29, 1.82) is 0 Å². The van der Waals surface area contributed by atoms with E-state index in [1.807, 2.05) is 24.3 Å². The lowest BCUT2D eigenvalue weighted by Gasteiger charge is -2.32. The van der Waals surface area contributed by atoms with E-state index >= 15 is 0 Å². The first kappa shape index (κ1) is 16.1. The number of Topliss-reactive ketones (excluding diaryl/α,β-unsaturated/α-hetero) is 1. The molecule has 2 fully saturated rings. The number of fused-ring (bicyclic) bond motifs is 3. The van der Waals surface area contributed by atoms with Crippen molar-refractivity contribution in [3.8, 4) is 11.5 Å². The summed E-state index contributed by atoms with van der Waals surface area (Å²) in [6.45, 7) is 10.7. The molecule has 0 spiro atoms. The molecule has 3 heteroatoms. The number of hydrogen-bond donors (Lipinski definition) is 0. The molecule has 124 valence electrons. The third-order valence-electron chi connectivity index (χ3n) is 6.30. The van der Waals surface area contributed by atoms with Crippen molar-refractivity contribution < 1.29 is 14.3 Å². The predicted molar refractivity (Wildman–Crippen MR) is 90.7 cm³/mol. The SMILES string of the molecule is C=CCc1ccc2c(c1)OCO2.CC12CCC(CC1=O)C2(C)C. The number of hydrogen-bond acceptors (Lipinski definition) is 3. The maximum atomic E-state index is 11.6. The minimum absolute atomic E-state index is 0.0255. The summed E-state index contributed by atoms with van der Waals surface area (Å²) in [5.41, 5.74) is 1.51. The summed E-state index contributed by atoms with van der Waals surface area (Å²) in [6, 6.07) is 5.94. The van der Waals surface area contributed by atoms with Gasteiger partial charge in [-0.3, -0.25) is 4.79 Å². The molecule has 0 saturated heterocycles. The number of ketones is 1. The average Bonchev–Trinajstić information content (AvgIpc) is 3.10. The second-order valence-corrected chi connectivity index (χ2v) is 7.60. The summed E-state index contributed by atoms with van der Waals surface area (Å²) >= 11 is 0.